The summed E-state index contributed by atoms with van der Waals surface area (Å²) < 4.78 is 7.28. The molecule has 1 aliphatic heterocycles. The molecule has 0 spiro atoms. The first-order chi connectivity index (χ1) is 19.7. The van der Waals surface area contributed by atoms with E-state index in [1.54, 1.807) is 51.2 Å². The summed E-state index contributed by atoms with van der Waals surface area (Å²) in [5.41, 5.74) is 0.601. The molecular weight excluding hydrogens is 538 g/mol. The lowest BCUT2D eigenvalue weighted by atomic mass is 10.0. The molecule has 2 unspecified atom stereocenters. The van der Waals surface area contributed by atoms with E-state index in [2.05, 4.69) is 22.3 Å². The number of carbonyl (C=O) groups is 3. The Bertz CT molecular complexity index is 1570. The number of imidazole rings is 1. The van der Waals surface area contributed by atoms with Crippen LogP contribution in [0.4, 0.5) is 10.6 Å². The number of thiazole rings is 1. The summed E-state index contributed by atoms with van der Waals surface area (Å²) in [6, 6.07) is 19.5. The van der Waals surface area contributed by atoms with Gasteiger partial charge in [-0.25, -0.2) is 9.69 Å². The Kier molecular flexibility index (Phi) is 8.08. The van der Waals surface area contributed by atoms with Crippen molar-refractivity contribution in [1.82, 2.24) is 19.6 Å². The minimum atomic E-state index is -1.03. The molecule has 0 radical (unpaired) electrons. The highest BCUT2D eigenvalue weighted by Gasteiger charge is 2.41. The molecule has 5 rings (SSSR count). The molecule has 1 saturated heterocycles. The predicted molar refractivity (Wildman–Crippen MR) is 157 cm³/mol. The van der Waals surface area contributed by atoms with Crippen molar-refractivity contribution in [3.8, 4) is 12.0 Å². The second-order valence-electron chi connectivity index (χ2n) is 10.6. The molecule has 0 bridgehead atoms. The highest BCUT2D eigenvalue weighted by Crippen LogP contribution is 2.27. The van der Waals surface area contributed by atoms with Gasteiger partial charge >= 0.3 is 6.09 Å². The summed E-state index contributed by atoms with van der Waals surface area (Å²) in [7, 11) is 0. The minimum Gasteiger partial charge on any atom is -0.444 e. The van der Waals surface area contributed by atoms with Crippen LogP contribution in [0.25, 0.3) is 4.96 Å². The van der Waals surface area contributed by atoms with Gasteiger partial charge < -0.3 is 15.0 Å². The number of benzene rings is 2. The van der Waals surface area contributed by atoms with Crippen molar-refractivity contribution >= 4 is 40.0 Å². The van der Waals surface area contributed by atoms with Crippen LogP contribution < -0.4 is 10.2 Å². The number of carbonyl (C=O) groups excluding carboxylic acids is 3. The number of aromatic nitrogens is 2. The third-order valence-electron chi connectivity index (χ3n) is 6.48. The van der Waals surface area contributed by atoms with Crippen LogP contribution in [0.15, 0.2) is 78.4 Å². The number of fused-ring (bicyclic) bond motifs is 1. The lowest BCUT2D eigenvalue weighted by molar-refractivity contribution is -0.139. The van der Waals surface area contributed by atoms with Crippen LogP contribution in [0.5, 0.6) is 0 Å². The average molecular weight is 570 g/mol. The molecule has 4 aromatic rings. The molecular formula is C31H31N5O4S. The van der Waals surface area contributed by atoms with E-state index in [4.69, 9.17) is 4.74 Å². The Labute approximate surface area is 242 Å². The highest BCUT2D eigenvalue weighted by atomic mass is 32.1. The molecule has 41 heavy (non-hydrogen) atoms. The number of nitrogens with one attached hydrogen (secondary N) is 1. The maximum Gasteiger partial charge on any atom is 0.408 e. The Morgan fingerprint density at radius 1 is 1.10 bits per heavy atom. The molecule has 2 aromatic carbocycles. The summed E-state index contributed by atoms with van der Waals surface area (Å²) in [5.74, 6) is 2.70. The first kappa shape index (κ1) is 27.9. The Balaban J connectivity index is 1.45. The Morgan fingerprint density at radius 3 is 2.49 bits per heavy atom. The summed E-state index contributed by atoms with van der Waals surface area (Å²) in [4.78, 5) is 49.1. The van der Waals surface area contributed by atoms with Gasteiger partial charge in [-0.15, -0.1) is 11.3 Å². The van der Waals surface area contributed by atoms with E-state index >= 15 is 0 Å². The quantitative estimate of drug-likeness (QED) is 0.270. The summed E-state index contributed by atoms with van der Waals surface area (Å²) in [6.07, 6.45) is 4.00. The topological polar surface area (TPSA) is 96.2 Å². The lowest BCUT2D eigenvalue weighted by Crippen LogP contribution is -2.51. The predicted octanol–water partition coefficient (Wildman–Crippen LogP) is 5.00. The fourth-order valence-electron chi connectivity index (χ4n) is 4.65. The average Bonchev–Trinajstić information content (AvgIpc) is 3.69. The van der Waals surface area contributed by atoms with E-state index in [9.17, 15) is 14.4 Å². The van der Waals surface area contributed by atoms with Gasteiger partial charge in [-0.3, -0.25) is 14.0 Å². The lowest BCUT2D eigenvalue weighted by Gasteiger charge is -2.30. The smallest absolute Gasteiger partial charge is 0.408 e. The van der Waals surface area contributed by atoms with E-state index in [0.717, 1.165) is 10.5 Å². The number of likely N-dealkylation sites (tertiary alicyclic amines) is 1. The molecule has 3 heterocycles. The molecule has 1 fully saturated rings. The second kappa shape index (κ2) is 11.9. The Morgan fingerprint density at radius 2 is 1.80 bits per heavy atom. The molecule has 3 amide bonds. The third kappa shape index (κ3) is 6.58. The number of ether oxygens (including phenoxy) is 1. The van der Waals surface area contributed by atoms with Gasteiger partial charge in [-0.05, 0) is 57.2 Å². The van der Waals surface area contributed by atoms with Gasteiger partial charge in [-0.2, -0.15) is 4.98 Å². The van der Waals surface area contributed by atoms with E-state index < -0.39 is 23.8 Å². The standard InChI is InChI=1S/C31H31N5O4S/c1-31(2,3)40-30(39)33-26(23-13-8-5-9-14-23)28(38)35-17-10-15-24(35)27(37)36(18-16-22-11-6-4-7-12-22)25-21-34-19-20-41-29(34)32-25/h4-9,11-14,19-21,24,26H,10,15,17H2,1-3H3,(H,33,39). The summed E-state index contributed by atoms with van der Waals surface area (Å²) in [5, 5.41) is 4.64. The summed E-state index contributed by atoms with van der Waals surface area (Å²) >= 11 is 1.45. The van der Waals surface area contributed by atoms with Crippen molar-refractivity contribution in [3.05, 3.63) is 89.6 Å². The van der Waals surface area contributed by atoms with Crippen molar-refractivity contribution in [2.24, 2.45) is 0 Å². The Hall–Kier alpha value is -4.62. The van der Waals surface area contributed by atoms with Crippen LogP contribution >= 0.6 is 11.3 Å². The van der Waals surface area contributed by atoms with Crippen molar-refractivity contribution in [2.75, 3.05) is 11.4 Å². The molecule has 2 atom stereocenters. The van der Waals surface area contributed by atoms with Crippen molar-refractivity contribution in [2.45, 2.75) is 51.3 Å². The monoisotopic (exact) mass is 569 g/mol. The maximum atomic E-state index is 14.1. The molecule has 2 aromatic heterocycles. The summed E-state index contributed by atoms with van der Waals surface area (Å²) in [6.45, 7) is 5.64. The molecule has 210 valence electrons. The van der Waals surface area contributed by atoms with E-state index in [1.807, 2.05) is 52.4 Å². The zero-order valence-corrected chi connectivity index (χ0v) is 23.9. The first-order valence-electron chi connectivity index (χ1n) is 13.4. The van der Waals surface area contributed by atoms with E-state index in [0.29, 0.717) is 30.8 Å². The van der Waals surface area contributed by atoms with Crippen LogP contribution in [0.2, 0.25) is 0 Å². The van der Waals surface area contributed by atoms with Crippen molar-refractivity contribution in [3.63, 3.8) is 0 Å². The maximum absolute atomic E-state index is 14.1. The normalized spacial score (nSPS) is 15.6. The number of rotatable bonds is 5. The first-order valence-corrected chi connectivity index (χ1v) is 14.3. The van der Waals surface area contributed by atoms with Gasteiger partial charge in [0.25, 0.3) is 11.8 Å². The number of anilines is 1. The molecule has 1 aliphatic rings. The van der Waals surface area contributed by atoms with Gasteiger partial charge in [0.2, 0.25) is 0 Å². The number of amides is 3. The fraction of sp³-hybridized carbons (Fsp3) is 0.290. The number of nitrogens with zero attached hydrogens (tertiary/aromatic N) is 4. The van der Waals surface area contributed by atoms with Crippen LogP contribution in [0.3, 0.4) is 0 Å². The van der Waals surface area contributed by atoms with Gasteiger partial charge in [0.15, 0.2) is 10.8 Å². The highest BCUT2D eigenvalue weighted by molar-refractivity contribution is 7.15. The zero-order valence-electron chi connectivity index (χ0n) is 23.1. The van der Waals surface area contributed by atoms with E-state index in [1.165, 1.54) is 21.1 Å². The molecule has 0 aliphatic carbocycles. The number of hydrogen-bond donors (Lipinski definition) is 1. The van der Waals surface area contributed by atoms with Crippen molar-refractivity contribution in [1.29, 1.82) is 0 Å². The minimum absolute atomic E-state index is 0.353. The molecule has 10 heteroatoms. The number of alkyl carbamates (subject to hydrolysis) is 1. The molecule has 1 N–H and O–H groups in total. The van der Waals surface area contributed by atoms with Crippen molar-refractivity contribution < 1.29 is 19.1 Å². The van der Waals surface area contributed by atoms with Crippen LogP contribution in [-0.2, 0) is 14.3 Å². The van der Waals surface area contributed by atoms with Gasteiger partial charge in [0, 0.05) is 29.7 Å². The van der Waals surface area contributed by atoms with E-state index in [-0.39, 0.29) is 11.8 Å². The third-order valence-corrected chi connectivity index (χ3v) is 7.25. The van der Waals surface area contributed by atoms with Crippen LogP contribution in [0, 0.1) is 12.0 Å². The van der Waals surface area contributed by atoms with Gasteiger partial charge in [0.1, 0.15) is 17.7 Å². The van der Waals surface area contributed by atoms with Gasteiger partial charge in [-0.1, -0.05) is 48.5 Å². The zero-order chi connectivity index (χ0) is 29.0. The van der Waals surface area contributed by atoms with Crippen LogP contribution in [-0.4, -0.2) is 50.4 Å². The fourth-order valence-corrected chi connectivity index (χ4v) is 5.35. The second-order valence-corrected chi connectivity index (χ2v) is 11.5. The van der Waals surface area contributed by atoms with Gasteiger partial charge in [0.05, 0.1) is 6.20 Å². The molecule has 9 nitrogen and oxygen atoms in total. The molecule has 0 saturated carbocycles. The number of hydrogen-bond acceptors (Lipinski definition) is 6. The largest absolute Gasteiger partial charge is 0.444 e. The SMILES string of the molecule is CC(C)(C)OC(=O)NC(C(=O)N1CCCC1C(=O)N(C#Cc1ccccc1)c1cn2ccsc2n1)c1ccccc1. The van der Waals surface area contributed by atoms with Crippen LogP contribution in [0.1, 0.15) is 50.8 Å².